The van der Waals surface area contributed by atoms with Crippen molar-refractivity contribution in [3.8, 4) is 0 Å². The van der Waals surface area contributed by atoms with E-state index in [0.717, 1.165) is 12.2 Å². The molecule has 0 heterocycles. The molecule has 0 spiro atoms. The lowest BCUT2D eigenvalue weighted by Gasteiger charge is -2.11. The summed E-state index contributed by atoms with van der Waals surface area (Å²) in [5, 5.41) is 3.21. The molecule has 1 fully saturated rings. The van der Waals surface area contributed by atoms with Gasteiger partial charge in [-0.3, -0.25) is 0 Å². The molecule has 3 heteroatoms. The van der Waals surface area contributed by atoms with E-state index in [0.29, 0.717) is 11.1 Å². The summed E-state index contributed by atoms with van der Waals surface area (Å²) < 4.78 is 12.9. The van der Waals surface area contributed by atoms with Gasteiger partial charge in [0, 0.05) is 17.9 Å². The van der Waals surface area contributed by atoms with E-state index in [9.17, 15) is 4.39 Å². The van der Waals surface area contributed by atoms with Crippen molar-refractivity contribution in [3.05, 3.63) is 24.0 Å². The van der Waals surface area contributed by atoms with E-state index in [-0.39, 0.29) is 5.82 Å². The second kappa shape index (κ2) is 3.15. The van der Waals surface area contributed by atoms with Crippen molar-refractivity contribution >= 4 is 11.4 Å². The molecular weight excluding hydrogens is 179 g/mol. The van der Waals surface area contributed by atoms with Gasteiger partial charge in [0.25, 0.3) is 0 Å². The normalized spacial score (nSPS) is 17.9. The van der Waals surface area contributed by atoms with E-state index in [2.05, 4.69) is 12.2 Å². The van der Waals surface area contributed by atoms with Gasteiger partial charge in [-0.25, -0.2) is 4.39 Å². The standard InChI is InChI=1S/C11H15FN2/c1-11(2-3-11)7-14-10-5-8(12)4-9(13)6-10/h4-6,14H,2-3,7,13H2,1H3. The van der Waals surface area contributed by atoms with E-state index in [4.69, 9.17) is 5.73 Å². The summed E-state index contributed by atoms with van der Waals surface area (Å²) in [6.07, 6.45) is 2.51. The highest BCUT2D eigenvalue weighted by Crippen LogP contribution is 2.44. The van der Waals surface area contributed by atoms with Crippen LogP contribution in [0.25, 0.3) is 0 Å². The van der Waals surface area contributed by atoms with Crippen LogP contribution in [-0.2, 0) is 0 Å². The Bertz CT molecular complexity index is 325. The van der Waals surface area contributed by atoms with Crippen LogP contribution >= 0.6 is 0 Å². The minimum Gasteiger partial charge on any atom is -0.399 e. The molecule has 1 aliphatic carbocycles. The average Bonchev–Trinajstić information content (AvgIpc) is 2.80. The molecule has 14 heavy (non-hydrogen) atoms. The predicted octanol–water partition coefficient (Wildman–Crippen LogP) is 2.62. The molecule has 3 N–H and O–H groups in total. The fourth-order valence-corrected chi connectivity index (χ4v) is 1.42. The summed E-state index contributed by atoms with van der Waals surface area (Å²) in [4.78, 5) is 0. The first-order valence-corrected chi connectivity index (χ1v) is 4.87. The molecule has 0 atom stereocenters. The van der Waals surface area contributed by atoms with Crippen LogP contribution in [-0.4, -0.2) is 6.54 Å². The lowest BCUT2D eigenvalue weighted by molar-refractivity contribution is 0.607. The quantitative estimate of drug-likeness (QED) is 0.726. The molecule has 76 valence electrons. The van der Waals surface area contributed by atoms with Gasteiger partial charge in [-0.1, -0.05) is 6.92 Å². The molecule has 1 aromatic rings. The Labute approximate surface area is 83.3 Å². The van der Waals surface area contributed by atoms with E-state index in [1.807, 2.05) is 0 Å². The zero-order valence-electron chi connectivity index (χ0n) is 8.31. The summed E-state index contributed by atoms with van der Waals surface area (Å²) >= 11 is 0. The van der Waals surface area contributed by atoms with Gasteiger partial charge >= 0.3 is 0 Å². The summed E-state index contributed by atoms with van der Waals surface area (Å²) in [7, 11) is 0. The van der Waals surface area contributed by atoms with Gasteiger partial charge in [0.05, 0.1) is 0 Å². The third-order valence-corrected chi connectivity index (χ3v) is 2.74. The first kappa shape index (κ1) is 9.31. The van der Waals surface area contributed by atoms with Gasteiger partial charge in [-0.05, 0) is 36.5 Å². The van der Waals surface area contributed by atoms with Crippen molar-refractivity contribution < 1.29 is 4.39 Å². The largest absolute Gasteiger partial charge is 0.399 e. The molecule has 1 aromatic carbocycles. The Balaban J connectivity index is 2.01. The molecule has 0 amide bonds. The van der Waals surface area contributed by atoms with Crippen LogP contribution in [0.2, 0.25) is 0 Å². The summed E-state index contributed by atoms with van der Waals surface area (Å²) in [5.41, 5.74) is 7.19. The average molecular weight is 194 g/mol. The number of rotatable bonds is 3. The maximum Gasteiger partial charge on any atom is 0.127 e. The van der Waals surface area contributed by atoms with Crippen LogP contribution in [0.15, 0.2) is 18.2 Å². The highest BCUT2D eigenvalue weighted by Gasteiger charge is 2.36. The van der Waals surface area contributed by atoms with E-state index >= 15 is 0 Å². The molecule has 0 aliphatic heterocycles. The highest BCUT2D eigenvalue weighted by atomic mass is 19.1. The fourth-order valence-electron chi connectivity index (χ4n) is 1.42. The predicted molar refractivity (Wildman–Crippen MR) is 56.6 cm³/mol. The molecule has 1 aliphatic rings. The maximum absolute atomic E-state index is 12.9. The van der Waals surface area contributed by atoms with Gasteiger partial charge in [0.1, 0.15) is 5.82 Å². The minimum atomic E-state index is -0.284. The second-order valence-corrected chi connectivity index (χ2v) is 4.44. The number of hydrogen-bond donors (Lipinski definition) is 2. The molecule has 0 saturated heterocycles. The first-order valence-electron chi connectivity index (χ1n) is 4.87. The summed E-state index contributed by atoms with van der Waals surface area (Å²) in [6, 6.07) is 4.56. The van der Waals surface area contributed by atoms with Crippen LogP contribution in [0.3, 0.4) is 0 Å². The first-order chi connectivity index (χ1) is 6.57. The smallest absolute Gasteiger partial charge is 0.127 e. The summed E-state index contributed by atoms with van der Waals surface area (Å²) in [6.45, 7) is 3.12. The van der Waals surface area contributed by atoms with Crippen molar-refractivity contribution in [2.75, 3.05) is 17.6 Å². The fraction of sp³-hybridized carbons (Fsp3) is 0.455. The molecule has 0 aromatic heterocycles. The summed E-state index contributed by atoms with van der Waals surface area (Å²) in [5.74, 6) is -0.284. The number of benzene rings is 1. The molecule has 2 rings (SSSR count). The highest BCUT2D eigenvalue weighted by molar-refractivity contribution is 5.54. The number of halogens is 1. The Morgan fingerprint density at radius 1 is 1.43 bits per heavy atom. The van der Waals surface area contributed by atoms with Crippen LogP contribution in [0, 0.1) is 11.2 Å². The number of nitrogen functional groups attached to an aromatic ring is 1. The molecule has 0 unspecified atom stereocenters. The third-order valence-electron chi connectivity index (χ3n) is 2.74. The van der Waals surface area contributed by atoms with Crippen molar-refractivity contribution in [1.82, 2.24) is 0 Å². The van der Waals surface area contributed by atoms with Crippen LogP contribution < -0.4 is 11.1 Å². The van der Waals surface area contributed by atoms with Gasteiger partial charge in [-0.15, -0.1) is 0 Å². The number of hydrogen-bond acceptors (Lipinski definition) is 2. The van der Waals surface area contributed by atoms with E-state index < -0.39 is 0 Å². The number of anilines is 2. The topological polar surface area (TPSA) is 38.0 Å². The van der Waals surface area contributed by atoms with E-state index in [1.54, 1.807) is 6.07 Å². The van der Waals surface area contributed by atoms with Gasteiger partial charge < -0.3 is 11.1 Å². The van der Waals surface area contributed by atoms with Crippen LogP contribution in [0.1, 0.15) is 19.8 Å². The zero-order chi connectivity index (χ0) is 10.2. The van der Waals surface area contributed by atoms with Crippen molar-refractivity contribution in [2.45, 2.75) is 19.8 Å². The number of nitrogens with one attached hydrogen (secondary N) is 1. The molecule has 0 bridgehead atoms. The third kappa shape index (κ3) is 2.16. The van der Waals surface area contributed by atoms with Crippen molar-refractivity contribution in [3.63, 3.8) is 0 Å². The Hall–Kier alpha value is -1.25. The SMILES string of the molecule is CC1(CNc2cc(N)cc(F)c2)CC1. The van der Waals surface area contributed by atoms with Gasteiger partial charge in [-0.2, -0.15) is 0 Å². The molecule has 1 saturated carbocycles. The van der Waals surface area contributed by atoms with Gasteiger partial charge in [0.15, 0.2) is 0 Å². The Morgan fingerprint density at radius 3 is 2.71 bits per heavy atom. The monoisotopic (exact) mass is 194 g/mol. The number of nitrogens with two attached hydrogens (primary N) is 1. The maximum atomic E-state index is 12.9. The van der Waals surface area contributed by atoms with Crippen LogP contribution in [0.5, 0.6) is 0 Å². The lowest BCUT2D eigenvalue weighted by atomic mass is 10.1. The van der Waals surface area contributed by atoms with Gasteiger partial charge in [0.2, 0.25) is 0 Å². The van der Waals surface area contributed by atoms with Crippen molar-refractivity contribution in [2.24, 2.45) is 5.41 Å². The minimum absolute atomic E-state index is 0.284. The Morgan fingerprint density at radius 2 is 2.14 bits per heavy atom. The molecular formula is C11H15FN2. The molecule has 0 radical (unpaired) electrons. The molecule has 2 nitrogen and oxygen atoms in total. The van der Waals surface area contributed by atoms with E-state index in [1.165, 1.54) is 25.0 Å². The van der Waals surface area contributed by atoms with Crippen LogP contribution in [0.4, 0.5) is 15.8 Å². The Kier molecular flexibility index (Phi) is 2.10. The zero-order valence-corrected chi connectivity index (χ0v) is 8.31. The lowest BCUT2D eigenvalue weighted by Crippen LogP contribution is -2.11. The second-order valence-electron chi connectivity index (χ2n) is 4.44. The van der Waals surface area contributed by atoms with Crippen molar-refractivity contribution in [1.29, 1.82) is 0 Å².